The number of sulfonamides is 1. The van der Waals surface area contributed by atoms with Gasteiger partial charge in [-0.05, 0) is 29.8 Å². The molecule has 0 aromatic heterocycles. The smallest absolute Gasteiger partial charge is 0.342 e. The second-order valence-corrected chi connectivity index (χ2v) is 8.06. The Balaban J connectivity index is 1.70. The molecule has 1 N–H and O–H groups in total. The quantitative estimate of drug-likeness (QED) is 0.728. The summed E-state index contributed by atoms with van der Waals surface area (Å²) < 4.78 is 42.2. The zero-order chi connectivity index (χ0) is 20.1. The van der Waals surface area contributed by atoms with Gasteiger partial charge in [-0.15, -0.1) is 0 Å². The number of carbonyl (C=O) groups is 1. The van der Waals surface area contributed by atoms with Gasteiger partial charge in [-0.3, -0.25) is 0 Å². The van der Waals surface area contributed by atoms with E-state index in [-0.39, 0.29) is 22.8 Å². The monoisotopic (exact) mass is 407 g/mol. The number of carbonyl (C=O) groups excluding carboxylic acids is 1. The Kier molecular flexibility index (Phi) is 6.18. The number of nitrogens with zero attached hydrogens (tertiary/aromatic N) is 1. The molecular weight excluding hydrogens is 386 g/mol. The average molecular weight is 407 g/mol. The van der Waals surface area contributed by atoms with Crippen molar-refractivity contribution in [2.75, 3.05) is 33.4 Å². The van der Waals surface area contributed by atoms with E-state index in [9.17, 15) is 18.3 Å². The van der Waals surface area contributed by atoms with E-state index in [0.29, 0.717) is 37.6 Å². The number of benzene rings is 2. The van der Waals surface area contributed by atoms with Crippen LogP contribution < -0.4 is 4.74 Å². The summed E-state index contributed by atoms with van der Waals surface area (Å²) >= 11 is 0. The normalized spacial score (nSPS) is 15.2. The Hall–Kier alpha value is -2.62. The van der Waals surface area contributed by atoms with Crippen molar-refractivity contribution in [1.29, 1.82) is 0 Å². The van der Waals surface area contributed by atoms with Crippen LogP contribution in [-0.4, -0.2) is 57.2 Å². The van der Waals surface area contributed by atoms with Gasteiger partial charge in [0.2, 0.25) is 10.0 Å². The van der Waals surface area contributed by atoms with Crippen molar-refractivity contribution in [2.45, 2.75) is 11.5 Å². The van der Waals surface area contributed by atoms with Crippen LogP contribution in [0.4, 0.5) is 0 Å². The third kappa shape index (κ3) is 4.44. The Labute approximate surface area is 163 Å². The minimum absolute atomic E-state index is 0.00195. The third-order valence-electron chi connectivity index (χ3n) is 4.30. The molecule has 1 fully saturated rings. The molecule has 0 unspecified atom stereocenters. The minimum atomic E-state index is -3.63. The van der Waals surface area contributed by atoms with Gasteiger partial charge in [0.15, 0.2) is 0 Å². The van der Waals surface area contributed by atoms with Gasteiger partial charge in [0.1, 0.15) is 23.7 Å². The highest BCUT2D eigenvalue weighted by Crippen LogP contribution is 2.24. The Morgan fingerprint density at radius 3 is 2.61 bits per heavy atom. The summed E-state index contributed by atoms with van der Waals surface area (Å²) in [5, 5.41) is 9.91. The minimum Gasteiger partial charge on any atom is -0.507 e. The van der Waals surface area contributed by atoms with E-state index in [1.54, 1.807) is 12.1 Å². The molecule has 0 bridgehead atoms. The van der Waals surface area contributed by atoms with Crippen molar-refractivity contribution in [1.82, 2.24) is 4.31 Å². The largest absolute Gasteiger partial charge is 0.507 e. The average Bonchev–Trinajstić information content (AvgIpc) is 2.72. The van der Waals surface area contributed by atoms with Crippen molar-refractivity contribution in [3.8, 4) is 11.5 Å². The fourth-order valence-corrected chi connectivity index (χ4v) is 4.25. The Morgan fingerprint density at radius 1 is 1.18 bits per heavy atom. The molecule has 0 aliphatic carbocycles. The molecule has 0 saturated carbocycles. The number of morpholine rings is 1. The maximum atomic E-state index is 12.7. The zero-order valence-corrected chi connectivity index (χ0v) is 16.1. The summed E-state index contributed by atoms with van der Waals surface area (Å²) in [4.78, 5) is 12.3. The fraction of sp³-hybridized carbons (Fsp3) is 0.316. The molecule has 8 nitrogen and oxygen atoms in total. The first kappa shape index (κ1) is 20.1. The number of phenols is 1. The lowest BCUT2D eigenvalue weighted by Gasteiger charge is -2.26. The van der Waals surface area contributed by atoms with Gasteiger partial charge in [-0.25, -0.2) is 13.2 Å². The van der Waals surface area contributed by atoms with Gasteiger partial charge in [0, 0.05) is 19.2 Å². The maximum absolute atomic E-state index is 12.7. The molecule has 0 spiro atoms. The lowest BCUT2D eigenvalue weighted by Crippen LogP contribution is -2.40. The first-order valence-corrected chi connectivity index (χ1v) is 10.1. The number of ether oxygens (including phenoxy) is 3. The predicted molar refractivity (Wildman–Crippen MR) is 99.8 cm³/mol. The molecule has 1 heterocycles. The molecule has 2 aromatic rings. The number of hydrogen-bond acceptors (Lipinski definition) is 7. The SMILES string of the molecule is COc1ccc(C(=O)OCc2cccc(S(=O)(=O)N3CCOCC3)c2)c(O)c1. The van der Waals surface area contributed by atoms with Crippen LogP contribution in [0, 0.1) is 0 Å². The molecule has 3 rings (SSSR count). The summed E-state index contributed by atoms with van der Waals surface area (Å²) in [6.45, 7) is 1.21. The van der Waals surface area contributed by atoms with Gasteiger partial charge in [0.05, 0.1) is 25.2 Å². The summed E-state index contributed by atoms with van der Waals surface area (Å²) in [5.74, 6) is -0.565. The molecule has 1 aliphatic rings. The summed E-state index contributed by atoms with van der Waals surface area (Å²) in [6.07, 6.45) is 0. The molecule has 2 aromatic carbocycles. The van der Waals surface area contributed by atoms with Crippen LogP contribution in [0.3, 0.4) is 0 Å². The number of methoxy groups -OCH3 is 1. The number of aromatic hydroxyl groups is 1. The number of rotatable bonds is 6. The Bertz CT molecular complexity index is 953. The van der Waals surface area contributed by atoms with E-state index in [2.05, 4.69) is 0 Å². The van der Waals surface area contributed by atoms with Crippen molar-refractivity contribution >= 4 is 16.0 Å². The van der Waals surface area contributed by atoms with Crippen molar-refractivity contribution in [3.63, 3.8) is 0 Å². The number of hydrogen-bond donors (Lipinski definition) is 1. The second-order valence-electron chi connectivity index (χ2n) is 6.12. The van der Waals surface area contributed by atoms with Crippen molar-refractivity contribution in [2.24, 2.45) is 0 Å². The van der Waals surface area contributed by atoms with E-state index in [1.807, 2.05) is 0 Å². The van der Waals surface area contributed by atoms with Crippen LogP contribution >= 0.6 is 0 Å². The van der Waals surface area contributed by atoms with E-state index < -0.39 is 16.0 Å². The first-order valence-electron chi connectivity index (χ1n) is 8.63. The molecule has 9 heteroatoms. The number of esters is 1. The van der Waals surface area contributed by atoms with Crippen LogP contribution in [-0.2, 0) is 26.1 Å². The maximum Gasteiger partial charge on any atom is 0.342 e. The fourth-order valence-electron chi connectivity index (χ4n) is 2.77. The van der Waals surface area contributed by atoms with E-state index in [1.165, 1.54) is 41.7 Å². The molecular formula is C19H21NO7S. The summed E-state index contributed by atoms with van der Waals surface area (Å²) in [7, 11) is -2.18. The van der Waals surface area contributed by atoms with Crippen LogP contribution in [0.5, 0.6) is 11.5 Å². The number of phenolic OH excluding ortho intramolecular Hbond substituents is 1. The summed E-state index contributed by atoms with van der Waals surface area (Å²) in [5.41, 5.74) is 0.522. The predicted octanol–water partition coefficient (Wildman–Crippen LogP) is 1.78. The molecule has 0 radical (unpaired) electrons. The van der Waals surface area contributed by atoms with Crippen molar-refractivity contribution < 1.29 is 32.5 Å². The highest BCUT2D eigenvalue weighted by atomic mass is 32.2. The van der Waals surface area contributed by atoms with Crippen LogP contribution in [0.15, 0.2) is 47.4 Å². The van der Waals surface area contributed by atoms with Crippen molar-refractivity contribution in [3.05, 3.63) is 53.6 Å². The molecule has 28 heavy (non-hydrogen) atoms. The third-order valence-corrected chi connectivity index (χ3v) is 6.20. The molecule has 1 saturated heterocycles. The van der Waals surface area contributed by atoms with E-state index in [0.717, 1.165) is 0 Å². The molecule has 1 aliphatic heterocycles. The van der Waals surface area contributed by atoms with Crippen LogP contribution in [0.2, 0.25) is 0 Å². The van der Waals surface area contributed by atoms with Gasteiger partial charge >= 0.3 is 5.97 Å². The van der Waals surface area contributed by atoms with Crippen LogP contribution in [0.1, 0.15) is 15.9 Å². The molecule has 0 atom stereocenters. The lowest BCUT2D eigenvalue weighted by atomic mass is 10.2. The Morgan fingerprint density at radius 2 is 1.93 bits per heavy atom. The van der Waals surface area contributed by atoms with E-state index in [4.69, 9.17) is 14.2 Å². The van der Waals surface area contributed by atoms with Crippen LogP contribution in [0.25, 0.3) is 0 Å². The summed E-state index contributed by atoms with van der Waals surface area (Å²) in [6, 6.07) is 10.5. The zero-order valence-electron chi connectivity index (χ0n) is 15.3. The second kappa shape index (κ2) is 8.59. The molecule has 0 amide bonds. The van der Waals surface area contributed by atoms with Gasteiger partial charge in [0.25, 0.3) is 0 Å². The highest BCUT2D eigenvalue weighted by Gasteiger charge is 2.26. The topological polar surface area (TPSA) is 102 Å². The van der Waals surface area contributed by atoms with E-state index >= 15 is 0 Å². The van der Waals surface area contributed by atoms with Gasteiger partial charge in [-0.2, -0.15) is 4.31 Å². The first-order chi connectivity index (χ1) is 13.4. The van der Waals surface area contributed by atoms with Gasteiger partial charge in [-0.1, -0.05) is 12.1 Å². The lowest BCUT2D eigenvalue weighted by molar-refractivity contribution is 0.0469. The standard InChI is InChI=1S/C19H21NO7S/c1-25-15-5-6-17(18(21)12-15)19(22)27-13-14-3-2-4-16(11-14)28(23,24)20-7-9-26-10-8-20/h2-6,11-12,21H,7-10,13H2,1H3. The molecule has 150 valence electrons. The highest BCUT2D eigenvalue weighted by molar-refractivity contribution is 7.89. The van der Waals surface area contributed by atoms with Gasteiger partial charge < -0.3 is 19.3 Å².